The topological polar surface area (TPSA) is 53.5 Å². The molecule has 2 N–H and O–H groups in total. The molecule has 2 saturated carbocycles. The van der Waals surface area contributed by atoms with E-state index < -0.39 is 10.8 Å². The first-order valence-electron chi connectivity index (χ1n) is 10.1. The Kier molecular flexibility index (Phi) is 6.74. The maximum absolute atomic E-state index is 12.2. The molecule has 3 rings (SSSR count). The Morgan fingerprint density at radius 2 is 2.00 bits per heavy atom. The highest BCUT2D eigenvalue weighted by Gasteiger charge is 2.44. The van der Waals surface area contributed by atoms with Gasteiger partial charge in [-0.05, 0) is 44.6 Å². The highest BCUT2D eigenvalue weighted by Crippen LogP contribution is 2.48. The molecule has 0 radical (unpaired) electrons. The summed E-state index contributed by atoms with van der Waals surface area (Å²) in [4.78, 5) is 4.93. The number of guanidine groups is 1. The van der Waals surface area contributed by atoms with Crippen LogP contribution in [-0.4, -0.2) is 40.3 Å². The Morgan fingerprint density at radius 3 is 2.65 bits per heavy atom. The van der Waals surface area contributed by atoms with Gasteiger partial charge in [0.2, 0.25) is 0 Å². The number of rotatable bonds is 7. The molecule has 144 valence electrons. The molecule has 3 unspecified atom stereocenters. The van der Waals surface area contributed by atoms with Crippen molar-refractivity contribution >= 4 is 16.8 Å². The smallest absolute Gasteiger partial charge is 0.191 e. The van der Waals surface area contributed by atoms with Crippen LogP contribution in [0.4, 0.5) is 0 Å². The van der Waals surface area contributed by atoms with Gasteiger partial charge in [0.25, 0.3) is 0 Å². The summed E-state index contributed by atoms with van der Waals surface area (Å²) in [7, 11) is -0.686. The van der Waals surface area contributed by atoms with Crippen molar-refractivity contribution in [2.45, 2.75) is 69.1 Å². The predicted octanol–water partition coefficient (Wildman–Crippen LogP) is 3.35. The molecule has 0 saturated heterocycles. The van der Waals surface area contributed by atoms with Gasteiger partial charge in [0.05, 0.1) is 6.54 Å². The molecule has 5 heteroatoms. The number of hydrogen-bond acceptors (Lipinski definition) is 2. The molecule has 26 heavy (non-hydrogen) atoms. The number of aliphatic imine (C=N–C) groups is 1. The fraction of sp³-hybridized carbons (Fsp3) is 0.667. The minimum Gasteiger partial charge on any atom is -0.357 e. The molecule has 4 nitrogen and oxygen atoms in total. The van der Waals surface area contributed by atoms with Crippen LogP contribution in [0.5, 0.6) is 0 Å². The van der Waals surface area contributed by atoms with Gasteiger partial charge in [-0.2, -0.15) is 0 Å². The van der Waals surface area contributed by atoms with Crippen molar-refractivity contribution in [3.05, 3.63) is 35.9 Å². The van der Waals surface area contributed by atoms with Gasteiger partial charge >= 0.3 is 0 Å². The predicted molar refractivity (Wildman–Crippen MR) is 111 cm³/mol. The highest BCUT2D eigenvalue weighted by molar-refractivity contribution is 7.85. The van der Waals surface area contributed by atoms with Gasteiger partial charge in [-0.15, -0.1) is 0 Å². The number of nitrogens with zero attached hydrogens (tertiary/aromatic N) is 1. The van der Waals surface area contributed by atoms with E-state index in [1.165, 1.54) is 18.4 Å². The first-order chi connectivity index (χ1) is 12.7. The second-order valence-corrected chi connectivity index (χ2v) is 9.65. The summed E-state index contributed by atoms with van der Waals surface area (Å²) in [5, 5.41) is 7.37. The lowest BCUT2D eigenvalue weighted by atomic mass is 9.95. The minimum absolute atomic E-state index is 0.239. The van der Waals surface area contributed by atoms with Crippen LogP contribution in [0.25, 0.3) is 0 Å². The van der Waals surface area contributed by atoms with Crippen molar-refractivity contribution < 1.29 is 4.21 Å². The third-order valence-electron chi connectivity index (χ3n) is 5.75. The Morgan fingerprint density at radius 1 is 1.23 bits per heavy atom. The molecule has 2 aliphatic rings. The van der Waals surface area contributed by atoms with Crippen LogP contribution in [0.3, 0.4) is 0 Å². The van der Waals surface area contributed by atoms with Gasteiger partial charge in [0.1, 0.15) is 0 Å². The Hall–Kier alpha value is -1.36. The zero-order valence-corrected chi connectivity index (χ0v) is 17.0. The fourth-order valence-corrected chi connectivity index (χ4v) is 5.32. The van der Waals surface area contributed by atoms with Crippen molar-refractivity contribution in [2.75, 3.05) is 18.8 Å². The summed E-state index contributed by atoms with van der Waals surface area (Å²) in [6.45, 7) is 5.83. The molecule has 0 aliphatic heterocycles. The zero-order chi connectivity index (χ0) is 18.4. The van der Waals surface area contributed by atoms with Crippen molar-refractivity contribution in [2.24, 2.45) is 4.99 Å². The van der Waals surface area contributed by atoms with Gasteiger partial charge in [-0.3, -0.25) is 9.20 Å². The largest absolute Gasteiger partial charge is 0.357 e. The standard InChI is InChI=1S/C21H33N3OS/c1-3-22-20(24-18-11-8-12-19(15-18)26(25)4-2)23-16-21(13-14-21)17-9-6-5-7-10-17/h5-7,9-10,18-19H,3-4,8,11-16H2,1-2H3,(H2,22,23,24). The zero-order valence-electron chi connectivity index (χ0n) is 16.2. The molecule has 0 spiro atoms. The van der Waals surface area contributed by atoms with Crippen molar-refractivity contribution in [3.8, 4) is 0 Å². The number of benzene rings is 1. The van der Waals surface area contributed by atoms with E-state index in [1.54, 1.807) is 0 Å². The summed E-state index contributed by atoms with van der Waals surface area (Å²) >= 11 is 0. The maximum Gasteiger partial charge on any atom is 0.191 e. The first kappa shape index (κ1) is 19.4. The molecular weight excluding hydrogens is 342 g/mol. The van der Waals surface area contributed by atoms with Crippen LogP contribution in [0.15, 0.2) is 35.3 Å². The Balaban J connectivity index is 1.62. The van der Waals surface area contributed by atoms with Gasteiger partial charge < -0.3 is 10.6 Å². The molecule has 1 aromatic carbocycles. The van der Waals surface area contributed by atoms with E-state index in [1.807, 2.05) is 6.92 Å². The Labute approximate surface area is 160 Å². The number of nitrogens with one attached hydrogen (secondary N) is 2. The van der Waals surface area contributed by atoms with E-state index >= 15 is 0 Å². The van der Waals surface area contributed by atoms with E-state index in [0.717, 1.165) is 50.5 Å². The summed E-state index contributed by atoms with van der Waals surface area (Å²) in [5.74, 6) is 1.69. The van der Waals surface area contributed by atoms with Crippen LogP contribution < -0.4 is 10.6 Å². The average molecular weight is 376 g/mol. The molecule has 0 aromatic heterocycles. The Bertz CT molecular complexity index is 627. The van der Waals surface area contributed by atoms with E-state index in [0.29, 0.717) is 11.3 Å². The van der Waals surface area contributed by atoms with E-state index in [-0.39, 0.29) is 5.41 Å². The lowest BCUT2D eigenvalue weighted by Crippen LogP contribution is -2.47. The fourth-order valence-electron chi connectivity index (χ4n) is 3.97. The minimum atomic E-state index is -0.686. The summed E-state index contributed by atoms with van der Waals surface area (Å²) in [6.07, 6.45) is 6.84. The molecule has 0 bridgehead atoms. The van der Waals surface area contributed by atoms with Gasteiger partial charge in [-0.25, -0.2) is 0 Å². The van der Waals surface area contributed by atoms with Gasteiger partial charge in [-0.1, -0.05) is 43.7 Å². The summed E-state index contributed by atoms with van der Waals surface area (Å²) < 4.78 is 12.2. The van der Waals surface area contributed by atoms with Gasteiger partial charge in [0, 0.05) is 39.8 Å². The SMILES string of the molecule is CCNC(=NCC1(c2ccccc2)CC1)NC1CCCC(S(=O)CC)C1. The molecule has 2 aliphatic carbocycles. The van der Waals surface area contributed by atoms with Crippen LogP contribution in [-0.2, 0) is 16.2 Å². The normalized spacial score (nSPS) is 26.2. The maximum atomic E-state index is 12.2. The van der Waals surface area contributed by atoms with Crippen LogP contribution in [0, 0.1) is 0 Å². The van der Waals surface area contributed by atoms with E-state index in [9.17, 15) is 4.21 Å². The number of hydrogen-bond donors (Lipinski definition) is 2. The molecule has 1 aromatic rings. The lowest BCUT2D eigenvalue weighted by molar-refractivity contribution is 0.413. The molecule has 0 amide bonds. The molecule has 2 fully saturated rings. The van der Waals surface area contributed by atoms with Crippen LogP contribution in [0.2, 0.25) is 0 Å². The second kappa shape index (κ2) is 9.03. The van der Waals surface area contributed by atoms with Crippen molar-refractivity contribution in [3.63, 3.8) is 0 Å². The monoisotopic (exact) mass is 375 g/mol. The van der Waals surface area contributed by atoms with E-state index in [2.05, 4.69) is 47.9 Å². The van der Waals surface area contributed by atoms with Gasteiger partial charge in [0.15, 0.2) is 5.96 Å². The third-order valence-corrected chi connectivity index (χ3v) is 7.49. The third kappa shape index (κ3) is 4.87. The van der Waals surface area contributed by atoms with Crippen LogP contribution >= 0.6 is 0 Å². The molecule has 3 atom stereocenters. The highest BCUT2D eigenvalue weighted by atomic mass is 32.2. The van der Waals surface area contributed by atoms with Crippen molar-refractivity contribution in [1.29, 1.82) is 0 Å². The molecular formula is C21H33N3OS. The van der Waals surface area contributed by atoms with Crippen LogP contribution in [0.1, 0.15) is 57.9 Å². The second-order valence-electron chi connectivity index (χ2n) is 7.64. The molecule has 0 heterocycles. The summed E-state index contributed by atoms with van der Waals surface area (Å²) in [6, 6.07) is 11.2. The van der Waals surface area contributed by atoms with Crippen molar-refractivity contribution in [1.82, 2.24) is 10.6 Å². The lowest BCUT2D eigenvalue weighted by Gasteiger charge is -2.30. The summed E-state index contributed by atoms with van der Waals surface area (Å²) in [5.41, 5.74) is 1.65. The first-order valence-corrected chi connectivity index (χ1v) is 11.5. The van der Waals surface area contributed by atoms with E-state index in [4.69, 9.17) is 4.99 Å². The average Bonchev–Trinajstić information content (AvgIpc) is 3.48. The quantitative estimate of drug-likeness (QED) is 0.568.